The standard InChI is InChI=1S/C14H11N3O/c18-15-10-12-13-8-4-5-9-17(13)14(16-12)11-6-2-1-3-7-11/h1-10,18H/p+1/b15-10+. The number of benzene rings is 1. The van der Waals surface area contributed by atoms with Gasteiger partial charge >= 0.3 is 0 Å². The van der Waals surface area contributed by atoms with Crippen molar-refractivity contribution in [2.75, 3.05) is 0 Å². The Balaban J connectivity index is 2.30. The van der Waals surface area contributed by atoms with Gasteiger partial charge in [0.1, 0.15) is 6.21 Å². The lowest BCUT2D eigenvalue weighted by atomic mass is 10.2. The smallest absolute Gasteiger partial charge is 0.292 e. The van der Waals surface area contributed by atoms with Crippen molar-refractivity contribution < 1.29 is 9.61 Å². The molecule has 0 radical (unpaired) electrons. The van der Waals surface area contributed by atoms with Crippen molar-refractivity contribution in [3.05, 3.63) is 60.4 Å². The summed E-state index contributed by atoms with van der Waals surface area (Å²) in [5.74, 6) is 0.959. The van der Waals surface area contributed by atoms with E-state index in [1.54, 1.807) is 0 Å². The molecule has 0 fully saturated rings. The van der Waals surface area contributed by atoms with Gasteiger partial charge in [0.25, 0.3) is 5.82 Å². The summed E-state index contributed by atoms with van der Waals surface area (Å²) >= 11 is 0. The highest BCUT2D eigenvalue weighted by Crippen LogP contribution is 2.15. The van der Waals surface area contributed by atoms with E-state index in [0.29, 0.717) is 0 Å². The second-order valence-electron chi connectivity index (χ2n) is 3.95. The van der Waals surface area contributed by atoms with Gasteiger partial charge in [0, 0.05) is 0 Å². The van der Waals surface area contributed by atoms with Gasteiger partial charge < -0.3 is 5.21 Å². The third-order valence-electron chi connectivity index (χ3n) is 2.86. The van der Waals surface area contributed by atoms with Crippen LogP contribution >= 0.6 is 0 Å². The lowest BCUT2D eigenvalue weighted by molar-refractivity contribution is -0.498. The van der Waals surface area contributed by atoms with Crippen LogP contribution in [0.15, 0.2) is 59.9 Å². The Morgan fingerprint density at radius 3 is 2.61 bits per heavy atom. The molecular weight excluding hydrogens is 226 g/mol. The van der Waals surface area contributed by atoms with Gasteiger partial charge in [-0.3, -0.25) is 0 Å². The Morgan fingerprint density at radius 1 is 1.06 bits per heavy atom. The molecule has 0 saturated carbocycles. The lowest BCUT2D eigenvalue weighted by Gasteiger charge is -1.93. The number of hydrogen-bond acceptors (Lipinski definition) is 2. The number of nitrogens with one attached hydrogen (secondary N) is 1. The second-order valence-corrected chi connectivity index (χ2v) is 3.95. The number of rotatable bonds is 2. The van der Waals surface area contributed by atoms with Crippen molar-refractivity contribution in [1.29, 1.82) is 0 Å². The number of imidazole rings is 1. The second kappa shape index (κ2) is 4.33. The zero-order chi connectivity index (χ0) is 12.4. The molecule has 3 aromatic rings. The molecule has 0 atom stereocenters. The highest BCUT2D eigenvalue weighted by atomic mass is 16.4. The van der Waals surface area contributed by atoms with Gasteiger partial charge in [0.15, 0.2) is 11.2 Å². The van der Waals surface area contributed by atoms with Crippen LogP contribution in [-0.4, -0.2) is 16.4 Å². The van der Waals surface area contributed by atoms with E-state index in [9.17, 15) is 0 Å². The van der Waals surface area contributed by atoms with E-state index in [1.165, 1.54) is 6.21 Å². The Hall–Kier alpha value is -2.62. The highest BCUT2D eigenvalue weighted by molar-refractivity contribution is 5.85. The number of H-pyrrole nitrogens is 1. The van der Waals surface area contributed by atoms with Gasteiger partial charge in [-0.15, -0.1) is 0 Å². The minimum Gasteiger partial charge on any atom is -0.411 e. The van der Waals surface area contributed by atoms with E-state index in [4.69, 9.17) is 5.21 Å². The number of oxime groups is 1. The molecule has 0 aliphatic heterocycles. The summed E-state index contributed by atoms with van der Waals surface area (Å²) in [4.78, 5) is 3.26. The molecule has 0 amide bonds. The number of aromatic amines is 1. The Bertz CT molecular complexity index is 701. The monoisotopic (exact) mass is 238 g/mol. The summed E-state index contributed by atoms with van der Waals surface area (Å²) in [7, 11) is 0. The number of nitrogens with zero attached hydrogens (tertiary/aromatic N) is 2. The van der Waals surface area contributed by atoms with E-state index in [0.717, 1.165) is 22.6 Å². The molecule has 4 nitrogen and oxygen atoms in total. The van der Waals surface area contributed by atoms with Gasteiger partial charge in [-0.05, 0) is 24.3 Å². The third kappa shape index (κ3) is 1.64. The third-order valence-corrected chi connectivity index (χ3v) is 2.86. The summed E-state index contributed by atoms with van der Waals surface area (Å²) < 4.78 is 2.03. The van der Waals surface area contributed by atoms with Crippen LogP contribution < -0.4 is 4.40 Å². The van der Waals surface area contributed by atoms with Crippen molar-refractivity contribution in [2.45, 2.75) is 0 Å². The van der Waals surface area contributed by atoms with Crippen molar-refractivity contribution in [1.82, 2.24) is 4.98 Å². The molecular formula is C14H12N3O+. The molecule has 4 heteroatoms. The average molecular weight is 238 g/mol. The van der Waals surface area contributed by atoms with Crippen LogP contribution in [0.3, 0.4) is 0 Å². The molecule has 0 spiro atoms. The van der Waals surface area contributed by atoms with Crippen molar-refractivity contribution in [2.24, 2.45) is 5.16 Å². The molecule has 0 bridgehead atoms. The van der Waals surface area contributed by atoms with Gasteiger partial charge in [-0.2, -0.15) is 4.40 Å². The van der Waals surface area contributed by atoms with Crippen molar-refractivity contribution >= 4 is 11.7 Å². The fraction of sp³-hybridized carbons (Fsp3) is 0. The summed E-state index contributed by atoms with van der Waals surface area (Å²) in [5.41, 5.74) is 2.82. The lowest BCUT2D eigenvalue weighted by Crippen LogP contribution is -2.21. The van der Waals surface area contributed by atoms with Gasteiger partial charge in [-0.1, -0.05) is 29.4 Å². The molecule has 0 saturated heterocycles. The zero-order valence-electron chi connectivity index (χ0n) is 9.62. The summed E-state index contributed by atoms with van der Waals surface area (Å²) in [6.45, 7) is 0. The van der Waals surface area contributed by atoms with E-state index >= 15 is 0 Å². The normalized spacial score (nSPS) is 11.3. The predicted molar refractivity (Wildman–Crippen MR) is 68.8 cm³/mol. The van der Waals surface area contributed by atoms with E-state index in [-0.39, 0.29) is 0 Å². The molecule has 1 aromatic carbocycles. The molecule has 3 rings (SSSR count). The average Bonchev–Trinajstić information content (AvgIpc) is 2.80. The highest BCUT2D eigenvalue weighted by Gasteiger charge is 2.17. The predicted octanol–water partition coefficient (Wildman–Crippen LogP) is 2.23. The maximum absolute atomic E-state index is 8.70. The van der Waals surface area contributed by atoms with Crippen molar-refractivity contribution in [3.8, 4) is 11.4 Å². The number of hydrogen-bond donors (Lipinski definition) is 2. The SMILES string of the molecule is O/N=C/c1[nH]c(-c2ccccc2)[n+]2ccccc12. The molecule has 18 heavy (non-hydrogen) atoms. The van der Waals surface area contributed by atoms with Gasteiger partial charge in [0.05, 0.1) is 11.8 Å². The van der Waals surface area contributed by atoms with Gasteiger partial charge in [-0.25, -0.2) is 4.98 Å². The molecule has 0 aliphatic rings. The Morgan fingerprint density at radius 2 is 1.83 bits per heavy atom. The fourth-order valence-electron chi connectivity index (χ4n) is 2.07. The van der Waals surface area contributed by atoms with E-state index in [2.05, 4.69) is 10.1 Å². The molecule has 0 unspecified atom stereocenters. The van der Waals surface area contributed by atoms with Crippen LogP contribution in [0, 0.1) is 0 Å². The van der Waals surface area contributed by atoms with Crippen LogP contribution in [0.25, 0.3) is 16.9 Å². The van der Waals surface area contributed by atoms with E-state index in [1.807, 2.05) is 59.1 Å². The number of fused-ring (bicyclic) bond motifs is 1. The fourth-order valence-corrected chi connectivity index (χ4v) is 2.07. The topological polar surface area (TPSA) is 52.5 Å². The summed E-state index contributed by atoms with van der Waals surface area (Å²) in [5, 5.41) is 11.8. The molecule has 2 N–H and O–H groups in total. The minimum atomic E-state index is 0.775. The van der Waals surface area contributed by atoms with Crippen molar-refractivity contribution in [3.63, 3.8) is 0 Å². The van der Waals surface area contributed by atoms with E-state index < -0.39 is 0 Å². The molecule has 0 aliphatic carbocycles. The van der Waals surface area contributed by atoms with Crippen LogP contribution in [0.1, 0.15) is 5.69 Å². The Kier molecular flexibility index (Phi) is 2.53. The maximum Gasteiger partial charge on any atom is 0.292 e. The van der Waals surface area contributed by atoms with Crippen LogP contribution in [0.5, 0.6) is 0 Å². The molecule has 88 valence electrons. The zero-order valence-corrected chi connectivity index (χ0v) is 9.62. The number of aromatic nitrogens is 2. The first kappa shape index (κ1) is 10.5. The Labute approximate surface area is 104 Å². The van der Waals surface area contributed by atoms with Crippen LogP contribution in [0.4, 0.5) is 0 Å². The first-order valence-corrected chi connectivity index (χ1v) is 5.65. The maximum atomic E-state index is 8.70. The largest absolute Gasteiger partial charge is 0.411 e. The van der Waals surface area contributed by atoms with Crippen LogP contribution in [-0.2, 0) is 0 Å². The first-order valence-electron chi connectivity index (χ1n) is 5.65. The summed E-state index contributed by atoms with van der Waals surface area (Å²) in [6, 6.07) is 15.9. The molecule has 2 aromatic heterocycles. The molecule has 2 heterocycles. The number of pyridine rings is 1. The summed E-state index contributed by atoms with van der Waals surface area (Å²) in [6.07, 6.45) is 3.38. The van der Waals surface area contributed by atoms with Gasteiger partial charge in [0.2, 0.25) is 0 Å². The first-order chi connectivity index (χ1) is 8.90. The minimum absolute atomic E-state index is 0.775. The quantitative estimate of drug-likeness (QED) is 0.306. The van der Waals surface area contributed by atoms with Crippen LogP contribution in [0.2, 0.25) is 0 Å².